The van der Waals surface area contributed by atoms with E-state index in [2.05, 4.69) is 67.6 Å². The van der Waals surface area contributed by atoms with Crippen LogP contribution in [0.2, 0.25) is 0 Å². The minimum atomic E-state index is 0. The van der Waals surface area contributed by atoms with Gasteiger partial charge in [0.1, 0.15) is 12.2 Å². The molecular formula is C15H18IN. The third kappa shape index (κ3) is 4.13. The van der Waals surface area contributed by atoms with E-state index in [0.717, 1.165) is 13.1 Å². The minimum absolute atomic E-state index is 0. The molecule has 1 nitrogen and oxygen atoms in total. The van der Waals surface area contributed by atoms with Crippen molar-refractivity contribution >= 4 is 5.69 Å². The van der Waals surface area contributed by atoms with Crippen molar-refractivity contribution in [1.82, 2.24) is 0 Å². The van der Waals surface area contributed by atoms with Gasteiger partial charge in [-0.3, -0.25) is 4.90 Å². The lowest BCUT2D eigenvalue weighted by atomic mass is 10.2. The molecule has 0 fully saturated rings. The topological polar surface area (TPSA) is 4.44 Å². The number of quaternary nitrogens is 1. The molecule has 2 heteroatoms. The molecule has 2 aromatic carbocycles. The summed E-state index contributed by atoms with van der Waals surface area (Å²) in [5, 5.41) is 0. The van der Waals surface area contributed by atoms with Crippen LogP contribution in [0.1, 0.15) is 12.5 Å². The summed E-state index contributed by atoms with van der Waals surface area (Å²) < 4.78 is 0. The quantitative estimate of drug-likeness (QED) is 0.712. The van der Waals surface area contributed by atoms with E-state index in [9.17, 15) is 0 Å². The summed E-state index contributed by atoms with van der Waals surface area (Å²) in [6.45, 7) is 4.39. The fourth-order valence-electron chi connectivity index (χ4n) is 1.95. The number of hydrogen-bond acceptors (Lipinski definition) is 0. The minimum Gasteiger partial charge on any atom is -1.00 e. The number of rotatable bonds is 4. The van der Waals surface area contributed by atoms with Crippen molar-refractivity contribution in [1.29, 1.82) is 0 Å². The average Bonchev–Trinajstić information content (AvgIpc) is 2.38. The first-order valence-electron chi connectivity index (χ1n) is 5.84. The van der Waals surface area contributed by atoms with Crippen molar-refractivity contribution in [3.63, 3.8) is 0 Å². The van der Waals surface area contributed by atoms with Crippen LogP contribution in [0.5, 0.6) is 0 Å². The van der Waals surface area contributed by atoms with Crippen LogP contribution in [-0.2, 0) is 6.54 Å². The second kappa shape index (κ2) is 7.45. The molecule has 2 rings (SSSR count). The number of hydrogen-bond donors (Lipinski definition) is 1. The van der Waals surface area contributed by atoms with Crippen molar-refractivity contribution < 1.29 is 28.9 Å². The highest BCUT2D eigenvalue weighted by atomic mass is 127. The Labute approximate surface area is 120 Å². The summed E-state index contributed by atoms with van der Waals surface area (Å²) in [5.41, 5.74) is 2.76. The van der Waals surface area contributed by atoms with Gasteiger partial charge in [0.15, 0.2) is 0 Å². The highest BCUT2D eigenvalue weighted by Crippen LogP contribution is 2.01. The monoisotopic (exact) mass is 339 g/mol. The van der Waals surface area contributed by atoms with Crippen LogP contribution in [-0.4, -0.2) is 6.54 Å². The predicted molar refractivity (Wildman–Crippen MR) is 67.8 cm³/mol. The molecule has 0 radical (unpaired) electrons. The summed E-state index contributed by atoms with van der Waals surface area (Å²) >= 11 is 0. The van der Waals surface area contributed by atoms with Gasteiger partial charge < -0.3 is 24.0 Å². The molecular weight excluding hydrogens is 321 g/mol. The molecule has 1 unspecified atom stereocenters. The fraction of sp³-hybridized carbons (Fsp3) is 0.200. The summed E-state index contributed by atoms with van der Waals surface area (Å²) in [7, 11) is 0. The van der Waals surface area contributed by atoms with Crippen LogP contribution in [0, 0.1) is 0 Å². The van der Waals surface area contributed by atoms with E-state index in [1.54, 1.807) is 0 Å². The van der Waals surface area contributed by atoms with E-state index in [1.165, 1.54) is 16.2 Å². The molecule has 0 bridgehead atoms. The molecule has 0 saturated carbocycles. The lowest BCUT2D eigenvalue weighted by Gasteiger charge is -2.17. The molecule has 0 aliphatic carbocycles. The lowest BCUT2D eigenvalue weighted by molar-refractivity contribution is -0.845. The van der Waals surface area contributed by atoms with Gasteiger partial charge in [-0.1, -0.05) is 48.5 Å². The Kier molecular flexibility index (Phi) is 6.22. The van der Waals surface area contributed by atoms with Gasteiger partial charge in [-0.05, 0) is 19.1 Å². The number of para-hydroxylation sites is 1. The summed E-state index contributed by atoms with van der Waals surface area (Å²) in [5.74, 6) is 0. The molecule has 1 atom stereocenters. The van der Waals surface area contributed by atoms with Crippen molar-refractivity contribution in [2.24, 2.45) is 0 Å². The van der Waals surface area contributed by atoms with Gasteiger partial charge in [0.05, 0.1) is 6.54 Å². The van der Waals surface area contributed by atoms with Crippen molar-refractivity contribution in [3.05, 3.63) is 66.2 Å². The van der Waals surface area contributed by atoms with E-state index in [1.807, 2.05) is 0 Å². The Bertz CT molecular complexity index is 413. The maximum absolute atomic E-state index is 2.23. The molecule has 0 aliphatic rings. The zero-order valence-electron chi connectivity index (χ0n) is 10.1. The summed E-state index contributed by atoms with van der Waals surface area (Å²) in [6, 6.07) is 21.3. The van der Waals surface area contributed by atoms with Crippen LogP contribution < -0.4 is 28.9 Å². The number of nitrogens with one attached hydrogen (secondary N) is 1. The normalized spacial score (nSPS) is 11.6. The standard InChI is InChI=1S/C15H17N.HI/c1-2-16(15-11-7-4-8-12-15)13-14-9-5-3-6-10-14;/h3-12H,2,13H2,1H3;1H. The first-order chi connectivity index (χ1) is 7.90. The van der Waals surface area contributed by atoms with Gasteiger partial charge in [-0.2, -0.15) is 0 Å². The lowest BCUT2D eigenvalue weighted by Crippen LogP contribution is -3.05. The van der Waals surface area contributed by atoms with Gasteiger partial charge in [0.2, 0.25) is 0 Å². The number of halogens is 1. The molecule has 0 aromatic heterocycles. The number of benzene rings is 2. The highest BCUT2D eigenvalue weighted by Gasteiger charge is 2.09. The van der Waals surface area contributed by atoms with Crippen LogP contribution in [0.15, 0.2) is 60.7 Å². The molecule has 90 valence electrons. The maximum atomic E-state index is 2.23. The van der Waals surface area contributed by atoms with Crippen LogP contribution in [0.25, 0.3) is 0 Å². The Morgan fingerprint density at radius 1 is 0.824 bits per heavy atom. The first kappa shape index (κ1) is 14.2. The molecule has 0 heterocycles. The van der Waals surface area contributed by atoms with Crippen molar-refractivity contribution in [3.8, 4) is 0 Å². The second-order valence-electron chi connectivity index (χ2n) is 3.99. The van der Waals surface area contributed by atoms with Crippen LogP contribution in [0.4, 0.5) is 5.69 Å². The smallest absolute Gasteiger partial charge is 0.131 e. The summed E-state index contributed by atoms with van der Waals surface area (Å²) in [6.07, 6.45) is 0. The zero-order valence-corrected chi connectivity index (χ0v) is 12.2. The Morgan fingerprint density at radius 3 is 1.88 bits per heavy atom. The van der Waals surface area contributed by atoms with E-state index < -0.39 is 0 Å². The Morgan fingerprint density at radius 2 is 1.35 bits per heavy atom. The molecule has 0 amide bonds. The molecule has 0 saturated heterocycles. The SMILES string of the molecule is CC[NH+](Cc1ccccc1)c1ccccc1.[I-]. The fourth-order valence-corrected chi connectivity index (χ4v) is 1.95. The van der Waals surface area contributed by atoms with Gasteiger partial charge >= 0.3 is 0 Å². The van der Waals surface area contributed by atoms with Crippen molar-refractivity contribution in [2.45, 2.75) is 13.5 Å². The predicted octanol–water partition coefficient (Wildman–Crippen LogP) is -0.573. The van der Waals surface area contributed by atoms with E-state index >= 15 is 0 Å². The molecule has 1 N–H and O–H groups in total. The molecule has 0 aliphatic heterocycles. The third-order valence-electron chi connectivity index (χ3n) is 2.87. The van der Waals surface area contributed by atoms with E-state index in [-0.39, 0.29) is 24.0 Å². The van der Waals surface area contributed by atoms with E-state index in [4.69, 9.17) is 0 Å². The van der Waals surface area contributed by atoms with E-state index in [0.29, 0.717) is 0 Å². The van der Waals surface area contributed by atoms with Gasteiger partial charge in [0.25, 0.3) is 0 Å². The van der Waals surface area contributed by atoms with Crippen molar-refractivity contribution in [2.75, 3.05) is 6.54 Å². The maximum Gasteiger partial charge on any atom is 0.131 e. The third-order valence-corrected chi connectivity index (χ3v) is 2.87. The van der Waals surface area contributed by atoms with Crippen LogP contribution >= 0.6 is 0 Å². The highest BCUT2D eigenvalue weighted by molar-refractivity contribution is 5.28. The summed E-state index contributed by atoms with van der Waals surface area (Å²) in [4.78, 5) is 1.51. The van der Waals surface area contributed by atoms with Gasteiger partial charge in [-0.25, -0.2) is 0 Å². The largest absolute Gasteiger partial charge is 1.00 e. The molecule has 2 aromatic rings. The average molecular weight is 339 g/mol. The van der Waals surface area contributed by atoms with Gasteiger partial charge in [0, 0.05) is 5.56 Å². The Balaban J connectivity index is 0.00000144. The van der Waals surface area contributed by atoms with Gasteiger partial charge in [-0.15, -0.1) is 0 Å². The second-order valence-corrected chi connectivity index (χ2v) is 3.99. The zero-order chi connectivity index (χ0) is 11.2. The first-order valence-corrected chi connectivity index (χ1v) is 5.84. The van der Waals surface area contributed by atoms with Crippen LogP contribution in [0.3, 0.4) is 0 Å². The Hall–Kier alpha value is -0.870. The molecule has 0 spiro atoms. The molecule has 17 heavy (non-hydrogen) atoms.